The van der Waals surface area contributed by atoms with Gasteiger partial charge in [-0.15, -0.1) is 0 Å². The van der Waals surface area contributed by atoms with Crippen molar-refractivity contribution >= 4 is 27.6 Å². The maximum atomic E-state index is 14.0. The molecular weight excluding hydrogens is 596 g/mol. The summed E-state index contributed by atoms with van der Waals surface area (Å²) < 4.78 is 46.6. The van der Waals surface area contributed by atoms with E-state index in [2.05, 4.69) is 10.2 Å². The molecule has 2 heterocycles. The lowest BCUT2D eigenvalue weighted by Crippen LogP contribution is -2.53. The number of nitrogens with one attached hydrogen (secondary N) is 1. The van der Waals surface area contributed by atoms with E-state index in [1.807, 2.05) is 44.2 Å². The Hall–Kier alpha value is -3.03. The molecule has 248 valence electrons. The number of ether oxygens (including phenoxy) is 3. The number of sulfonamides is 1. The number of alkyl carbamates (subject to hydrolysis) is 1. The van der Waals surface area contributed by atoms with Gasteiger partial charge < -0.3 is 25.3 Å². The Bertz CT molecular complexity index is 1310. The topological polar surface area (TPSA) is 140 Å². The second kappa shape index (κ2) is 17.0. The Kier molecular flexibility index (Phi) is 13.2. The minimum absolute atomic E-state index is 0.0113. The average molecular weight is 645 g/mol. The van der Waals surface area contributed by atoms with Crippen molar-refractivity contribution < 1.29 is 32.2 Å². The third-order valence-corrected chi connectivity index (χ3v) is 9.84. The Labute approximate surface area is 267 Å². The van der Waals surface area contributed by atoms with Crippen LogP contribution < -0.4 is 11.1 Å². The van der Waals surface area contributed by atoms with Crippen LogP contribution in [0.2, 0.25) is 0 Å². The van der Waals surface area contributed by atoms with E-state index in [9.17, 15) is 18.0 Å². The van der Waals surface area contributed by atoms with Crippen molar-refractivity contribution in [3.05, 3.63) is 60.2 Å². The van der Waals surface area contributed by atoms with Crippen LogP contribution in [0.25, 0.3) is 0 Å². The van der Waals surface area contributed by atoms with Gasteiger partial charge in [0.2, 0.25) is 10.0 Å². The number of carbonyl (C=O) groups excluding carboxylic acids is 2. The number of Topliss-reactive ketones (excluding diaryl/α,β-unsaturated/α-hetero) is 1. The quantitative estimate of drug-likeness (QED) is 0.263. The number of anilines is 1. The third kappa shape index (κ3) is 11.1. The second-order valence-corrected chi connectivity index (χ2v) is 14.3. The zero-order valence-electron chi connectivity index (χ0n) is 26.4. The van der Waals surface area contributed by atoms with Crippen molar-refractivity contribution in [1.82, 2.24) is 14.5 Å². The van der Waals surface area contributed by atoms with E-state index in [0.29, 0.717) is 31.7 Å². The Balaban J connectivity index is 1.62. The number of hydrogen-bond acceptors (Lipinski definition) is 9. The number of nitrogens with zero attached hydrogens (tertiary/aromatic N) is 2. The maximum Gasteiger partial charge on any atom is 0.407 e. The van der Waals surface area contributed by atoms with Crippen molar-refractivity contribution in [2.45, 2.75) is 69.1 Å². The fraction of sp³-hybridized carbons (Fsp3) is 0.576. The average Bonchev–Trinajstić information content (AvgIpc) is 3.52. The molecule has 0 unspecified atom stereocenters. The molecule has 3 atom stereocenters. The van der Waals surface area contributed by atoms with E-state index < -0.39 is 28.3 Å². The van der Waals surface area contributed by atoms with Crippen molar-refractivity contribution in [2.24, 2.45) is 5.92 Å². The summed E-state index contributed by atoms with van der Waals surface area (Å²) >= 11 is 0. The predicted molar refractivity (Wildman–Crippen MR) is 172 cm³/mol. The van der Waals surface area contributed by atoms with Crippen molar-refractivity contribution in [1.29, 1.82) is 0 Å². The molecule has 11 nitrogen and oxygen atoms in total. The Morgan fingerprint density at radius 2 is 1.76 bits per heavy atom. The Morgan fingerprint density at radius 1 is 1.04 bits per heavy atom. The number of amides is 1. The van der Waals surface area contributed by atoms with Gasteiger partial charge in [0.05, 0.1) is 36.8 Å². The smallest absolute Gasteiger partial charge is 0.407 e. The zero-order valence-corrected chi connectivity index (χ0v) is 27.3. The van der Waals surface area contributed by atoms with E-state index in [1.165, 1.54) is 16.4 Å². The molecule has 4 rings (SSSR count). The molecule has 2 aliphatic heterocycles. The summed E-state index contributed by atoms with van der Waals surface area (Å²) in [5, 5.41) is 2.95. The van der Waals surface area contributed by atoms with Crippen LogP contribution in [0.3, 0.4) is 0 Å². The van der Waals surface area contributed by atoms with Gasteiger partial charge in [-0.3, -0.25) is 9.69 Å². The van der Waals surface area contributed by atoms with Gasteiger partial charge in [-0.05, 0) is 68.1 Å². The number of nitrogens with two attached hydrogens (primary N) is 1. The predicted octanol–water partition coefficient (Wildman–Crippen LogP) is 3.48. The molecule has 2 aromatic rings. The summed E-state index contributed by atoms with van der Waals surface area (Å²) in [6, 6.07) is 14.9. The first-order valence-corrected chi connectivity index (χ1v) is 17.3. The fourth-order valence-corrected chi connectivity index (χ4v) is 7.28. The number of carbonyl (C=O) groups is 2. The van der Waals surface area contributed by atoms with Crippen LogP contribution in [0.5, 0.6) is 0 Å². The van der Waals surface area contributed by atoms with E-state index in [0.717, 1.165) is 37.9 Å². The summed E-state index contributed by atoms with van der Waals surface area (Å²) in [5.74, 6) is -0.106. The standard InChI is InChI=1S/C33H48N4O7S/c1-25(2)20-37(45(40,41)30-13-11-27(34)12-14-30)22-32(43-23-28(38)21-36-16-7-4-8-17-36)31(19-26-9-5-3-6-10-26)35-33(39)44-29-15-18-42-24-29/h3,5-6,9-14,25,29,31-32H,4,7-8,15-24,34H2,1-2H3,(H,35,39)/t29-,31-,32+/m0/s1. The van der Waals surface area contributed by atoms with Crippen LogP contribution in [0.1, 0.15) is 45.1 Å². The summed E-state index contributed by atoms with van der Waals surface area (Å²) in [6.07, 6.45) is 2.33. The number of likely N-dealkylation sites (tertiary alicyclic amines) is 1. The molecule has 0 aromatic heterocycles. The first kappa shape index (κ1) is 34.8. The van der Waals surface area contributed by atoms with Crippen LogP contribution in [-0.4, -0.2) is 100 Å². The molecule has 0 spiro atoms. The lowest BCUT2D eigenvalue weighted by molar-refractivity contribution is -0.127. The van der Waals surface area contributed by atoms with Crippen LogP contribution in [0.15, 0.2) is 59.5 Å². The third-order valence-electron chi connectivity index (χ3n) is 7.99. The summed E-state index contributed by atoms with van der Waals surface area (Å²) in [4.78, 5) is 28.5. The van der Waals surface area contributed by atoms with E-state index >= 15 is 0 Å². The van der Waals surface area contributed by atoms with E-state index in [4.69, 9.17) is 19.9 Å². The number of nitrogen functional groups attached to an aromatic ring is 1. The second-order valence-electron chi connectivity index (χ2n) is 12.3. The van der Waals surface area contributed by atoms with Gasteiger partial charge in [-0.1, -0.05) is 50.6 Å². The highest BCUT2D eigenvalue weighted by atomic mass is 32.2. The Morgan fingerprint density at radius 3 is 2.40 bits per heavy atom. The molecule has 3 N–H and O–H groups in total. The number of piperidine rings is 1. The van der Waals surface area contributed by atoms with E-state index in [1.54, 1.807) is 12.1 Å². The number of hydrogen-bond donors (Lipinski definition) is 2. The largest absolute Gasteiger partial charge is 0.444 e. The van der Waals surface area contributed by atoms with Gasteiger partial charge >= 0.3 is 6.09 Å². The normalized spacial score (nSPS) is 19.0. The van der Waals surface area contributed by atoms with Gasteiger partial charge in [0.1, 0.15) is 12.7 Å². The van der Waals surface area contributed by atoms with Gasteiger partial charge in [0.15, 0.2) is 5.78 Å². The lowest BCUT2D eigenvalue weighted by Gasteiger charge is -2.33. The minimum Gasteiger partial charge on any atom is -0.444 e. The van der Waals surface area contributed by atoms with Crippen LogP contribution in [0.4, 0.5) is 10.5 Å². The van der Waals surface area contributed by atoms with Crippen LogP contribution in [-0.2, 0) is 35.4 Å². The zero-order chi connectivity index (χ0) is 32.2. The van der Waals surface area contributed by atoms with Crippen molar-refractivity contribution in [2.75, 3.05) is 58.3 Å². The number of rotatable bonds is 16. The molecular formula is C33H48N4O7S. The molecule has 12 heteroatoms. The molecule has 45 heavy (non-hydrogen) atoms. The van der Waals surface area contributed by atoms with Gasteiger partial charge in [-0.25, -0.2) is 13.2 Å². The first-order chi connectivity index (χ1) is 21.6. The fourth-order valence-electron chi connectivity index (χ4n) is 5.66. The summed E-state index contributed by atoms with van der Waals surface area (Å²) in [5.41, 5.74) is 7.21. The van der Waals surface area contributed by atoms with Crippen molar-refractivity contribution in [3.63, 3.8) is 0 Å². The molecule has 2 aromatic carbocycles. The maximum absolute atomic E-state index is 14.0. The molecule has 0 saturated carbocycles. The first-order valence-electron chi connectivity index (χ1n) is 15.9. The highest BCUT2D eigenvalue weighted by Crippen LogP contribution is 2.22. The van der Waals surface area contributed by atoms with Gasteiger partial charge in [0, 0.05) is 25.2 Å². The summed E-state index contributed by atoms with van der Waals surface area (Å²) in [7, 11) is -3.98. The molecule has 0 bridgehead atoms. The minimum atomic E-state index is -3.98. The summed E-state index contributed by atoms with van der Waals surface area (Å²) in [6.45, 7) is 6.62. The molecule has 2 saturated heterocycles. The van der Waals surface area contributed by atoms with Gasteiger partial charge in [0.25, 0.3) is 0 Å². The highest BCUT2D eigenvalue weighted by Gasteiger charge is 2.34. The number of ketones is 1. The molecule has 0 radical (unpaired) electrons. The van der Waals surface area contributed by atoms with Crippen LogP contribution in [0, 0.1) is 5.92 Å². The lowest BCUT2D eigenvalue weighted by atomic mass is 10.0. The molecule has 0 aliphatic carbocycles. The monoisotopic (exact) mass is 644 g/mol. The van der Waals surface area contributed by atoms with Crippen LogP contribution >= 0.6 is 0 Å². The van der Waals surface area contributed by atoms with Crippen molar-refractivity contribution in [3.8, 4) is 0 Å². The SMILES string of the molecule is CC(C)CN(C[C@@H](OCC(=O)CN1CCCCC1)[C@H](Cc1ccccc1)NC(=O)O[C@H]1CCOC1)S(=O)(=O)c1ccc(N)cc1. The number of benzene rings is 2. The van der Waals surface area contributed by atoms with E-state index in [-0.39, 0.29) is 48.9 Å². The molecule has 1 amide bonds. The van der Waals surface area contributed by atoms with Gasteiger partial charge in [-0.2, -0.15) is 4.31 Å². The highest BCUT2D eigenvalue weighted by molar-refractivity contribution is 7.89. The molecule has 2 aliphatic rings. The molecule has 2 fully saturated rings.